The van der Waals surface area contributed by atoms with Gasteiger partial charge in [0.2, 0.25) is 5.89 Å². The van der Waals surface area contributed by atoms with Crippen LogP contribution in [0.15, 0.2) is 34.9 Å². The molecule has 0 aliphatic rings. The summed E-state index contributed by atoms with van der Waals surface area (Å²) in [6.07, 6.45) is 1.02. The number of hydrogen-bond acceptors (Lipinski definition) is 6. The first-order valence-electron chi connectivity index (χ1n) is 6.71. The number of carbonyl (C=O) groups is 1. The van der Waals surface area contributed by atoms with Crippen LogP contribution in [0.5, 0.6) is 0 Å². The SMILES string of the molecule is COC(=O)C[C@@H](C)SCc1noc(Cc2ccccc2)n1. The van der Waals surface area contributed by atoms with Gasteiger partial charge in [-0.2, -0.15) is 4.98 Å². The molecule has 0 spiro atoms. The van der Waals surface area contributed by atoms with Crippen LogP contribution in [0.4, 0.5) is 0 Å². The maximum absolute atomic E-state index is 11.2. The van der Waals surface area contributed by atoms with Crippen molar-refractivity contribution in [2.75, 3.05) is 7.11 Å². The standard InChI is InChI=1S/C15H18N2O3S/c1-11(8-15(18)19-2)21-10-13-16-14(20-17-13)9-12-6-4-3-5-7-12/h3-7,11H,8-10H2,1-2H3/t11-/m1/s1. The summed E-state index contributed by atoms with van der Waals surface area (Å²) < 4.78 is 9.88. The number of thioether (sulfide) groups is 1. The molecule has 0 unspecified atom stereocenters. The van der Waals surface area contributed by atoms with Gasteiger partial charge in [-0.25, -0.2) is 0 Å². The number of hydrogen-bond donors (Lipinski definition) is 0. The van der Waals surface area contributed by atoms with E-state index in [1.807, 2.05) is 37.3 Å². The number of ether oxygens (including phenoxy) is 1. The maximum Gasteiger partial charge on any atom is 0.306 e. The topological polar surface area (TPSA) is 65.2 Å². The normalized spacial score (nSPS) is 12.1. The zero-order chi connectivity index (χ0) is 15.1. The van der Waals surface area contributed by atoms with Crippen molar-refractivity contribution in [3.05, 3.63) is 47.6 Å². The number of benzene rings is 1. The summed E-state index contributed by atoms with van der Waals surface area (Å²) >= 11 is 1.61. The number of rotatable bonds is 7. The van der Waals surface area contributed by atoms with Crippen LogP contribution < -0.4 is 0 Å². The minimum absolute atomic E-state index is 0.161. The van der Waals surface area contributed by atoms with Crippen molar-refractivity contribution in [1.82, 2.24) is 10.1 Å². The Bertz CT molecular complexity index is 571. The molecule has 6 heteroatoms. The molecule has 21 heavy (non-hydrogen) atoms. The largest absolute Gasteiger partial charge is 0.469 e. The Morgan fingerprint density at radius 3 is 2.86 bits per heavy atom. The van der Waals surface area contributed by atoms with E-state index < -0.39 is 0 Å². The molecule has 2 rings (SSSR count). The summed E-state index contributed by atoms with van der Waals surface area (Å²) in [4.78, 5) is 15.5. The van der Waals surface area contributed by atoms with E-state index in [2.05, 4.69) is 14.9 Å². The molecule has 1 atom stereocenters. The number of aromatic nitrogens is 2. The van der Waals surface area contributed by atoms with Crippen molar-refractivity contribution in [3.63, 3.8) is 0 Å². The molecule has 0 amide bonds. The highest BCUT2D eigenvalue weighted by molar-refractivity contribution is 7.99. The van der Waals surface area contributed by atoms with E-state index in [1.54, 1.807) is 11.8 Å². The number of esters is 1. The van der Waals surface area contributed by atoms with Crippen LogP contribution in [0.1, 0.15) is 30.6 Å². The number of methoxy groups -OCH3 is 1. The van der Waals surface area contributed by atoms with Crippen molar-refractivity contribution in [3.8, 4) is 0 Å². The molecule has 0 saturated heterocycles. The van der Waals surface area contributed by atoms with Crippen LogP contribution in [0.25, 0.3) is 0 Å². The number of nitrogens with zero attached hydrogens (tertiary/aromatic N) is 2. The summed E-state index contributed by atoms with van der Waals surface area (Å²) in [5.41, 5.74) is 1.14. The highest BCUT2D eigenvalue weighted by atomic mass is 32.2. The van der Waals surface area contributed by atoms with Gasteiger partial charge in [0.25, 0.3) is 0 Å². The van der Waals surface area contributed by atoms with E-state index in [1.165, 1.54) is 7.11 Å². The first-order valence-corrected chi connectivity index (χ1v) is 7.76. The monoisotopic (exact) mass is 306 g/mol. The van der Waals surface area contributed by atoms with Gasteiger partial charge in [-0.3, -0.25) is 4.79 Å². The van der Waals surface area contributed by atoms with Gasteiger partial charge < -0.3 is 9.26 Å². The van der Waals surface area contributed by atoms with E-state index in [0.717, 1.165) is 5.56 Å². The predicted molar refractivity (Wildman–Crippen MR) is 80.9 cm³/mol. The van der Waals surface area contributed by atoms with Crippen LogP contribution in [0, 0.1) is 0 Å². The fraction of sp³-hybridized carbons (Fsp3) is 0.400. The smallest absolute Gasteiger partial charge is 0.306 e. The predicted octanol–water partition coefficient (Wildman–Crippen LogP) is 2.85. The van der Waals surface area contributed by atoms with Crippen molar-refractivity contribution in [2.45, 2.75) is 30.8 Å². The third kappa shape index (κ3) is 5.23. The molecule has 112 valence electrons. The second kappa shape index (κ2) is 7.83. The summed E-state index contributed by atoms with van der Waals surface area (Å²) in [7, 11) is 1.40. The van der Waals surface area contributed by atoms with Crippen LogP contribution in [-0.4, -0.2) is 28.5 Å². The van der Waals surface area contributed by atoms with Crippen LogP contribution >= 0.6 is 11.8 Å². The number of carbonyl (C=O) groups excluding carboxylic acids is 1. The minimum atomic E-state index is -0.201. The Labute approximate surface area is 128 Å². The molecule has 0 bridgehead atoms. The Hall–Kier alpha value is -1.82. The van der Waals surface area contributed by atoms with Gasteiger partial charge >= 0.3 is 5.97 Å². The third-order valence-electron chi connectivity index (χ3n) is 2.89. The molecule has 0 radical (unpaired) electrons. The summed E-state index contributed by atoms with van der Waals surface area (Å²) in [5, 5.41) is 4.12. The second-order valence-corrected chi connectivity index (χ2v) is 6.10. The summed E-state index contributed by atoms with van der Waals surface area (Å²) in [5.74, 6) is 1.68. The van der Waals surface area contributed by atoms with Gasteiger partial charge in [0.05, 0.1) is 25.7 Å². The second-order valence-electron chi connectivity index (χ2n) is 4.67. The Morgan fingerprint density at radius 1 is 1.38 bits per heavy atom. The highest BCUT2D eigenvalue weighted by Gasteiger charge is 2.12. The molecule has 0 fully saturated rings. The molecule has 5 nitrogen and oxygen atoms in total. The average molecular weight is 306 g/mol. The highest BCUT2D eigenvalue weighted by Crippen LogP contribution is 2.19. The molecule has 0 aliphatic heterocycles. The molecular weight excluding hydrogens is 288 g/mol. The first kappa shape index (κ1) is 15.6. The fourth-order valence-corrected chi connectivity index (χ4v) is 2.59. The van der Waals surface area contributed by atoms with Crippen LogP contribution in [0.3, 0.4) is 0 Å². The Morgan fingerprint density at radius 2 is 2.14 bits per heavy atom. The molecular formula is C15H18N2O3S. The zero-order valence-electron chi connectivity index (χ0n) is 12.1. The lowest BCUT2D eigenvalue weighted by atomic mass is 10.1. The average Bonchev–Trinajstić information content (AvgIpc) is 2.93. The molecule has 1 aromatic heterocycles. The zero-order valence-corrected chi connectivity index (χ0v) is 12.9. The van der Waals surface area contributed by atoms with E-state index in [9.17, 15) is 4.79 Å². The maximum atomic E-state index is 11.2. The lowest BCUT2D eigenvalue weighted by Crippen LogP contribution is -2.08. The molecule has 1 aromatic carbocycles. The minimum Gasteiger partial charge on any atom is -0.469 e. The molecule has 0 N–H and O–H groups in total. The van der Waals surface area contributed by atoms with E-state index in [4.69, 9.17) is 4.52 Å². The van der Waals surface area contributed by atoms with E-state index in [-0.39, 0.29) is 11.2 Å². The Kier molecular flexibility index (Phi) is 5.80. The van der Waals surface area contributed by atoms with Crippen molar-refractivity contribution >= 4 is 17.7 Å². The fourth-order valence-electron chi connectivity index (χ4n) is 1.78. The Balaban J connectivity index is 1.82. The summed E-state index contributed by atoms with van der Waals surface area (Å²) in [6, 6.07) is 9.99. The van der Waals surface area contributed by atoms with Crippen molar-refractivity contribution in [1.29, 1.82) is 0 Å². The molecule has 0 saturated carbocycles. The summed E-state index contributed by atoms with van der Waals surface area (Å²) in [6.45, 7) is 1.98. The van der Waals surface area contributed by atoms with Crippen LogP contribution in [0.2, 0.25) is 0 Å². The lowest BCUT2D eigenvalue weighted by Gasteiger charge is -2.07. The van der Waals surface area contributed by atoms with E-state index in [0.29, 0.717) is 30.3 Å². The third-order valence-corrected chi connectivity index (χ3v) is 4.05. The van der Waals surface area contributed by atoms with Gasteiger partial charge in [-0.15, -0.1) is 11.8 Å². The van der Waals surface area contributed by atoms with Gasteiger partial charge in [-0.05, 0) is 5.56 Å². The van der Waals surface area contributed by atoms with Gasteiger partial charge in [0, 0.05) is 5.25 Å². The molecule has 1 heterocycles. The van der Waals surface area contributed by atoms with Gasteiger partial charge in [0.1, 0.15) is 0 Å². The molecule has 2 aromatic rings. The van der Waals surface area contributed by atoms with Gasteiger partial charge in [0.15, 0.2) is 5.82 Å². The first-order chi connectivity index (χ1) is 10.2. The molecule has 0 aliphatic carbocycles. The van der Waals surface area contributed by atoms with Crippen LogP contribution in [-0.2, 0) is 21.7 Å². The quantitative estimate of drug-likeness (QED) is 0.733. The van der Waals surface area contributed by atoms with Gasteiger partial charge in [-0.1, -0.05) is 42.4 Å². The van der Waals surface area contributed by atoms with E-state index >= 15 is 0 Å². The van der Waals surface area contributed by atoms with Crippen molar-refractivity contribution in [2.24, 2.45) is 0 Å². The lowest BCUT2D eigenvalue weighted by molar-refractivity contribution is -0.140. The van der Waals surface area contributed by atoms with Crippen molar-refractivity contribution < 1.29 is 14.1 Å².